The average molecular weight is 513 g/mol. The summed E-state index contributed by atoms with van der Waals surface area (Å²) in [5.74, 6) is 1.38. The van der Waals surface area contributed by atoms with Crippen LogP contribution in [0, 0.1) is 5.21 Å². The van der Waals surface area contributed by atoms with Crippen LogP contribution in [-0.2, 0) is 6.54 Å². The Balaban J connectivity index is 1.33. The van der Waals surface area contributed by atoms with E-state index < -0.39 is 0 Å². The Morgan fingerprint density at radius 1 is 1.05 bits per heavy atom. The molecule has 0 radical (unpaired) electrons. The highest BCUT2D eigenvalue weighted by atomic mass is 16.5. The highest BCUT2D eigenvalue weighted by molar-refractivity contribution is 5.77. The minimum absolute atomic E-state index is 0.144. The molecule has 0 spiro atoms. The standard InChI is InChI=1S/C28H32N8O2/c1-20-7-4-3-5-14-34-27(37)23-19-29-28(32-26(23)35(34)25-9-6-8-24(20)31-25)30-21-10-12-22(13-11-21)33-15-17-36(2,38)18-16-33/h3,5-6,8-13,19-20H,4,7,14-18H2,1-2H3,(H,29,30,32)/b5-3-/t20-/m1/s1. The Hall–Kier alpha value is -4.02. The summed E-state index contributed by atoms with van der Waals surface area (Å²) in [7, 11) is 1.73. The zero-order chi connectivity index (χ0) is 26.3. The van der Waals surface area contributed by atoms with Gasteiger partial charge in [0.25, 0.3) is 5.56 Å². The highest BCUT2D eigenvalue weighted by Gasteiger charge is 2.22. The monoisotopic (exact) mass is 512 g/mol. The normalized spacial score (nSPS) is 20.0. The summed E-state index contributed by atoms with van der Waals surface area (Å²) in [5, 5.41) is 15.9. The summed E-state index contributed by atoms with van der Waals surface area (Å²) >= 11 is 0. The quantitative estimate of drug-likeness (QED) is 0.252. The van der Waals surface area contributed by atoms with Gasteiger partial charge in [0.15, 0.2) is 11.5 Å². The third kappa shape index (κ3) is 4.68. The molecule has 3 aromatic heterocycles. The van der Waals surface area contributed by atoms with E-state index in [1.807, 2.05) is 48.5 Å². The number of rotatable bonds is 3. The molecular weight excluding hydrogens is 480 g/mol. The molecule has 4 aromatic rings. The van der Waals surface area contributed by atoms with Crippen LogP contribution in [0.1, 0.15) is 31.4 Å². The maximum Gasteiger partial charge on any atom is 0.278 e. The molecular formula is C28H32N8O2. The van der Waals surface area contributed by atoms with Crippen molar-refractivity contribution in [2.75, 3.05) is 43.4 Å². The van der Waals surface area contributed by atoms with Gasteiger partial charge in [0.2, 0.25) is 5.95 Å². The highest BCUT2D eigenvalue weighted by Crippen LogP contribution is 2.25. The number of hydroxylamine groups is 3. The molecule has 2 bridgehead atoms. The number of aromatic nitrogens is 5. The van der Waals surface area contributed by atoms with Crippen molar-refractivity contribution in [2.24, 2.45) is 0 Å². The number of anilines is 3. The molecule has 0 amide bonds. The third-order valence-electron chi connectivity index (χ3n) is 7.54. The molecule has 196 valence electrons. The number of piperazine rings is 1. The van der Waals surface area contributed by atoms with Crippen LogP contribution in [0.4, 0.5) is 17.3 Å². The van der Waals surface area contributed by atoms with Gasteiger partial charge in [-0.2, -0.15) is 4.98 Å². The van der Waals surface area contributed by atoms with Crippen molar-refractivity contribution in [3.63, 3.8) is 0 Å². The van der Waals surface area contributed by atoms with Crippen LogP contribution in [0.2, 0.25) is 0 Å². The summed E-state index contributed by atoms with van der Waals surface area (Å²) in [5.41, 5.74) is 3.29. The predicted molar refractivity (Wildman–Crippen MR) is 149 cm³/mol. The van der Waals surface area contributed by atoms with Gasteiger partial charge in [-0.3, -0.25) is 4.79 Å². The molecule has 38 heavy (non-hydrogen) atoms. The summed E-state index contributed by atoms with van der Waals surface area (Å²) in [6.07, 6.45) is 7.68. The topological polar surface area (TPSA) is 104 Å². The number of quaternary nitrogens is 1. The van der Waals surface area contributed by atoms with Crippen LogP contribution in [0.25, 0.3) is 16.9 Å². The van der Waals surface area contributed by atoms with Gasteiger partial charge in [0.05, 0.1) is 39.8 Å². The largest absolute Gasteiger partial charge is 0.633 e. The lowest BCUT2D eigenvalue weighted by Gasteiger charge is -2.45. The molecule has 1 aromatic carbocycles. The smallest absolute Gasteiger partial charge is 0.278 e. The number of hydrogen-bond acceptors (Lipinski definition) is 7. The second kappa shape index (κ2) is 9.70. The first-order valence-corrected chi connectivity index (χ1v) is 13.2. The number of allylic oxidation sites excluding steroid dienone is 2. The van der Waals surface area contributed by atoms with Crippen molar-refractivity contribution < 1.29 is 4.65 Å². The lowest BCUT2D eigenvalue weighted by atomic mass is 10.0. The van der Waals surface area contributed by atoms with Crippen LogP contribution in [0.3, 0.4) is 0 Å². The molecule has 10 heteroatoms. The van der Waals surface area contributed by atoms with Gasteiger partial charge in [0.1, 0.15) is 5.39 Å². The number of nitrogens with one attached hydrogen (secondary N) is 1. The fourth-order valence-electron chi connectivity index (χ4n) is 5.14. The molecule has 1 fully saturated rings. The van der Waals surface area contributed by atoms with Gasteiger partial charge in [-0.15, -0.1) is 0 Å². The molecule has 0 saturated carbocycles. The predicted octanol–water partition coefficient (Wildman–Crippen LogP) is 3.94. The number of fused-ring (bicyclic) bond motifs is 6. The lowest BCUT2D eigenvalue weighted by molar-refractivity contribution is -0.861. The van der Waals surface area contributed by atoms with Crippen molar-refractivity contribution >= 4 is 28.4 Å². The fourth-order valence-corrected chi connectivity index (χ4v) is 5.14. The van der Waals surface area contributed by atoms with Gasteiger partial charge in [-0.25, -0.2) is 19.3 Å². The molecule has 1 saturated heterocycles. The van der Waals surface area contributed by atoms with Gasteiger partial charge < -0.3 is 20.1 Å². The summed E-state index contributed by atoms with van der Waals surface area (Å²) in [6, 6.07) is 14.0. The number of benzene rings is 1. The Morgan fingerprint density at radius 2 is 1.84 bits per heavy atom. The fraction of sp³-hybridized carbons (Fsp3) is 0.357. The number of hydrogen-bond donors (Lipinski definition) is 1. The van der Waals surface area contributed by atoms with E-state index >= 15 is 0 Å². The Bertz CT molecular complexity index is 1540. The van der Waals surface area contributed by atoms with Crippen LogP contribution in [-0.4, -0.2) is 62.2 Å². The number of likely N-dealkylation sites (N-methyl/N-ethyl adjacent to an activating group) is 1. The first kappa shape index (κ1) is 24.3. The van der Waals surface area contributed by atoms with Gasteiger partial charge >= 0.3 is 0 Å². The maximum absolute atomic E-state index is 13.3. The second-order valence-corrected chi connectivity index (χ2v) is 10.4. The molecule has 0 aliphatic carbocycles. The summed E-state index contributed by atoms with van der Waals surface area (Å²) < 4.78 is 3.29. The van der Waals surface area contributed by atoms with Crippen LogP contribution >= 0.6 is 0 Å². The molecule has 1 atom stereocenters. The van der Waals surface area contributed by atoms with Gasteiger partial charge in [0, 0.05) is 23.3 Å². The van der Waals surface area contributed by atoms with Crippen molar-refractivity contribution in [2.45, 2.75) is 32.2 Å². The van der Waals surface area contributed by atoms with E-state index in [9.17, 15) is 10.0 Å². The molecule has 2 aliphatic heterocycles. The first-order chi connectivity index (χ1) is 18.4. The Morgan fingerprint density at radius 3 is 2.63 bits per heavy atom. The van der Waals surface area contributed by atoms with Gasteiger partial charge in [-0.1, -0.05) is 25.1 Å². The zero-order valence-electron chi connectivity index (χ0n) is 21.7. The average Bonchev–Trinajstić information content (AvgIpc) is 3.18. The van der Waals surface area contributed by atoms with E-state index in [-0.39, 0.29) is 10.2 Å². The van der Waals surface area contributed by atoms with Crippen molar-refractivity contribution in [3.8, 4) is 5.82 Å². The zero-order valence-corrected chi connectivity index (χ0v) is 21.7. The van der Waals surface area contributed by atoms with Gasteiger partial charge in [-0.05, 0) is 55.2 Å². The molecule has 6 rings (SSSR count). The van der Waals surface area contributed by atoms with E-state index in [0.29, 0.717) is 48.4 Å². The van der Waals surface area contributed by atoms with Crippen molar-refractivity contribution in [1.29, 1.82) is 0 Å². The summed E-state index contributed by atoms with van der Waals surface area (Å²) in [4.78, 5) is 29.7. The molecule has 0 unspecified atom stereocenters. The van der Waals surface area contributed by atoms with Crippen molar-refractivity contribution in [1.82, 2.24) is 24.3 Å². The number of pyridine rings is 1. The van der Waals surface area contributed by atoms with Crippen LogP contribution < -0.4 is 15.8 Å². The second-order valence-electron chi connectivity index (χ2n) is 10.4. The molecule has 1 N–H and O–H groups in total. The first-order valence-electron chi connectivity index (χ1n) is 13.2. The van der Waals surface area contributed by atoms with Crippen molar-refractivity contribution in [3.05, 3.63) is 82.1 Å². The summed E-state index contributed by atoms with van der Waals surface area (Å²) in [6.45, 7) is 5.26. The van der Waals surface area contributed by atoms with E-state index in [2.05, 4.69) is 28.2 Å². The van der Waals surface area contributed by atoms with Crippen LogP contribution in [0.15, 0.2) is 65.6 Å². The minimum Gasteiger partial charge on any atom is -0.633 e. The van der Waals surface area contributed by atoms with Crippen LogP contribution in [0.5, 0.6) is 0 Å². The Kier molecular flexibility index (Phi) is 6.21. The SMILES string of the molecule is C[C@@H]1CC/C=C\Cn2c(=O)c3cnc(Nc4ccc(N5CC[N+](C)([O-])CC5)cc4)nc3n2-c2cccc1n2. The Labute approximate surface area is 221 Å². The van der Waals surface area contributed by atoms with E-state index in [1.165, 1.54) is 0 Å². The van der Waals surface area contributed by atoms with E-state index in [4.69, 9.17) is 9.97 Å². The molecule has 5 heterocycles. The molecule has 2 aliphatic rings. The molecule has 10 nitrogen and oxygen atoms in total. The third-order valence-corrected chi connectivity index (χ3v) is 7.54. The number of nitrogens with zero attached hydrogens (tertiary/aromatic N) is 7. The van der Waals surface area contributed by atoms with E-state index in [0.717, 1.165) is 43.0 Å². The lowest BCUT2D eigenvalue weighted by Crippen LogP contribution is -2.53. The maximum atomic E-state index is 13.3. The minimum atomic E-state index is -0.183. The van der Waals surface area contributed by atoms with E-state index in [1.54, 1.807) is 22.6 Å².